The predicted molar refractivity (Wildman–Crippen MR) is 71.7 cm³/mol. The van der Waals surface area contributed by atoms with Gasteiger partial charge in [-0.05, 0) is 18.2 Å². The van der Waals surface area contributed by atoms with E-state index in [1.807, 2.05) is 0 Å². The molecule has 112 valence electrons. The second kappa shape index (κ2) is 6.04. The van der Waals surface area contributed by atoms with E-state index >= 15 is 0 Å². The molecule has 0 saturated carbocycles. The normalized spacial score (nSPS) is 11.2. The van der Waals surface area contributed by atoms with Crippen molar-refractivity contribution < 1.29 is 27.8 Å². The highest BCUT2D eigenvalue weighted by atomic mass is 32.1. The maximum atomic E-state index is 12.3. The molecule has 4 nitrogen and oxygen atoms in total. The van der Waals surface area contributed by atoms with Crippen LogP contribution in [0.25, 0.3) is 0 Å². The minimum Gasteiger partial charge on any atom is -0.478 e. The van der Waals surface area contributed by atoms with Crippen LogP contribution in [0.15, 0.2) is 35.7 Å². The molecule has 1 aromatic heterocycles. The van der Waals surface area contributed by atoms with Crippen molar-refractivity contribution >= 4 is 23.0 Å². The predicted octanol–water partition coefficient (Wildman–Crippen LogP) is 3.96. The van der Waals surface area contributed by atoms with Crippen LogP contribution in [0.2, 0.25) is 0 Å². The Morgan fingerprint density at radius 1 is 1.33 bits per heavy atom. The zero-order valence-electron chi connectivity index (χ0n) is 10.5. The Balaban J connectivity index is 2.07. The molecule has 1 aromatic carbocycles. The largest absolute Gasteiger partial charge is 0.573 e. The van der Waals surface area contributed by atoms with Crippen LogP contribution in [0, 0.1) is 0 Å². The van der Waals surface area contributed by atoms with E-state index in [2.05, 4.69) is 10.1 Å². The summed E-state index contributed by atoms with van der Waals surface area (Å²) in [4.78, 5) is 11.4. The van der Waals surface area contributed by atoms with Gasteiger partial charge in [0.15, 0.2) is 5.75 Å². The molecule has 0 aliphatic carbocycles. The van der Waals surface area contributed by atoms with Crippen molar-refractivity contribution in [1.29, 1.82) is 0 Å². The highest BCUT2D eigenvalue weighted by molar-refractivity contribution is 7.10. The molecule has 2 rings (SSSR count). The number of hydrogen-bond acceptors (Lipinski definition) is 4. The number of hydrogen-bond donors (Lipinski definition) is 2. The summed E-state index contributed by atoms with van der Waals surface area (Å²) in [5.74, 6) is -1.38. The van der Waals surface area contributed by atoms with Gasteiger partial charge in [0, 0.05) is 16.8 Å². The smallest absolute Gasteiger partial charge is 0.478 e. The molecular weight excluding hydrogens is 307 g/mol. The number of carboxylic acid groups (broad SMARTS) is 1. The van der Waals surface area contributed by atoms with E-state index in [1.54, 1.807) is 6.07 Å². The second-order valence-electron chi connectivity index (χ2n) is 4.00. The average Bonchev–Trinajstić information content (AvgIpc) is 2.85. The van der Waals surface area contributed by atoms with Gasteiger partial charge < -0.3 is 15.2 Å². The van der Waals surface area contributed by atoms with Gasteiger partial charge in [0.05, 0.1) is 11.3 Å². The van der Waals surface area contributed by atoms with Gasteiger partial charge in [-0.1, -0.05) is 12.1 Å². The van der Waals surface area contributed by atoms with Crippen LogP contribution in [0.1, 0.15) is 15.2 Å². The molecule has 8 heteroatoms. The number of rotatable bonds is 5. The third-order valence-corrected chi connectivity index (χ3v) is 3.40. The molecule has 0 atom stereocenters. The fourth-order valence-corrected chi connectivity index (χ4v) is 2.39. The van der Waals surface area contributed by atoms with Crippen LogP contribution in [0.3, 0.4) is 0 Å². The Bertz CT molecular complexity index is 640. The molecule has 2 N–H and O–H groups in total. The number of para-hydroxylation sites is 2. The lowest BCUT2D eigenvalue weighted by atomic mass is 10.2. The van der Waals surface area contributed by atoms with E-state index in [9.17, 15) is 18.0 Å². The number of anilines is 1. The lowest BCUT2D eigenvalue weighted by Gasteiger charge is -2.14. The molecule has 0 saturated heterocycles. The van der Waals surface area contributed by atoms with Gasteiger partial charge in [-0.15, -0.1) is 24.5 Å². The van der Waals surface area contributed by atoms with Gasteiger partial charge in [-0.2, -0.15) is 0 Å². The molecule has 21 heavy (non-hydrogen) atoms. The monoisotopic (exact) mass is 317 g/mol. The van der Waals surface area contributed by atoms with Crippen molar-refractivity contribution in [2.75, 3.05) is 5.32 Å². The van der Waals surface area contributed by atoms with Crippen molar-refractivity contribution in [2.45, 2.75) is 12.9 Å². The van der Waals surface area contributed by atoms with Crippen LogP contribution in [0.4, 0.5) is 18.9 Å². The zero-order valence-corrected chi connectivity index (χ0v) is 11.3. The Kier molecular flexibility index (Phi) is 4.37. The molecule has 0 unspecified atom stereocenters. The fourth-order valence-electron chi connectivity index (χ4n) is 1.59. The first-order chi connectivity index (χ1) is 9.85. The lowest BCUT2D eigenvalue weighted by molar-refractivity contribution is -0.274. The average molecular weight is 317 g/mol. The number of benzene rings is 1. The Morgan fingerprint density at radius 3 is 2.67 bits per heavy atom. The van der Waals surface area contributed by atoms with Gasteiger partial charge in [0.1, 0.15) is 0 Å². The van der Waals surface area contributed by atoms with Gasteiger partial charge in [0.25, 0.3) is 0 Å². The molecule has 0 radical (unpaired) electrons. The second-order valence-corrected chi connectivity index (χ2v) is 5.00. The van der Waals surface area contributed by atoms with Gasteiger partial charge >= 0.3 is 12.3 Å². The maximum Gasteiger partial charge on any atom is 0.573 e. The minimum absolute atomic E-state index is 0.150. The quantitative estimate of drug-likeness (QED) is 0.876. The highest BCUT2D eigenvalue weighted by Gasteiger charge is 2.32. The van der Waals surface area contributed by atoms with Crippen LogP contribution in [0.5, 0.6) is 5.75 Å². The molecule has 0 spiro atoms. The van der Waals surface area contributed by atoms with E-state index in [4.69, 9.17) is 5.11 Å². The Morgan fingerprint density at radius 2 is 2.05 bits per heavy atom. The van der Waals surface area contributed by atoms with Crippen molar-refractivity contribution in [3.63, 3.8) is 0 Å². The van der Waals surface area contributed by atoms with Gasteiger partial charge in [-0.3, -0.25) is 0 Å². The third-order valence-electron chi connectivity index (χ3n) is 2.47. The topological polar surface area (TPSA) is 58.6 Å². The summed E-state index contributed by atoms with van der Waals surface area (Å²) < 4.78 is 40.7. The number of nitrogens with one attached hydrogen (secondary N) is 1. The van der Waals surface area contributed by atoms with Crippen LogP contribution in [-0.2, 0) is 6.54 Å². The molecule has 1 heterocycles. The van der Waals surface area contributed by atoms with Gasteiger partial charge in [-0.25, -0.2) is 4.79 Å². The summed E-state index contributed by atoms with van der Waals surface area (Å²) in [7, 11) is 0. The Hall–Kier alpha value is -2.22. The summed E-state index contributed by atoms with van der Waals surface area (Å²) >= 11 is 1.21. The number of carbonyl (C=O) groups is 1. The summed E-state index contributed by atoms with van der Waals surface area (Å²) in [5, 5.41) is 13.1. The zero-order chi connectivity index (χ0) is 15.5. The number of halogens is 3. The molecule has 0 fully saturated rings. The number of ether oxygens (including phenoxy) is 1. The van der Waals surface area contributed by atoms with E-state index in [-0.39, 0.29) is 23.5 Å². The van der Waals surface area contributed by atoms with Crippen LogP contribution in [-0.4, -0.2) is 17.4 Å². The third kappa shape index (κ3) is 4.38. The molecule has 2 aromatic rings. The summed E-state index contributed by atoms with van der Waals surface area (Å²) in [6.07, 6.45) is -4.77. The summed E-state index contributed by atoms with van der Waals surface area (Å²) in [6.45, 7) is 0.205. The Labute approximate surface area is 121 Å². The summed E-state index contributed by atoms with van der Waals surface area (Å²) in [5.41, 5.74) is 0.330. The molecule has 0 aliphatic heterocycles. The van der Waals surface area contributed by atoms with E-state index in [0.29, 0.717) is 4.88 Å². The highest BCUT2D eigenvalue weighted by Crippen LogP contribution is 2.30. The molecule has 0 amide bonds. The number of thiophene rings is 1. The molecule has 0 bridgehead atoms. The van der Waals surface area contributed by atoms with Crippen LogP contribution < -0.4 is 10.1 Å². The molecule has 0 aliphatic rings. The van der Waals surface area contributed by atoms with E-state index in [1.165, 1.54) is 41.0 Å². The number of aromatic carboxylic acids is 1. The van der Waals surface area contributed by atoms with Crippen molar-refractivity contribution in [3.8, 4) is 5.75 Å². The fraction of sp³-hybridized carbons (Fsp3) is 0.154. The minimum atomic E-state index is -4.77. The van der Waals surface area contributed by atoms with E-state index < -0.39 is 12.3 Å². The maximum absolute atomic E-state index is 12.3. The molecular formula is C13H10F3NO3S. The number of carboxylic acids is 1. The first-order valence-corrected chi connectivity index (χ1v) is 6.62. The summed E-state index contributed by atoms with van der Waals surface area (Å²) in [6, 6.07) is 7.12. The van der Waals surface area contributed by atoms with Crippen molar-refractivity contribution in [3.05, 3.63) is 46.2 Å². The lowest BCUT2D eigenvalue weighted by Crippen LogP contribution is -2.18. The number of alkyl halides is 3. The van der Waals surface area contributed by atoms with E-state index in [0.717, 1.165) is 0 Å². The van der Waals surface area contributed by atoms with Gasteiger partial charge in [0.2, 0.25) is 0 Å². The first-order valence-electron chi connectivity index (χ1n) is 5.74. The van der Waals surface area contributed by atoms with Crippen LogP contribution >= 0.6 is 11.3 Å². The standard InChI is InChI=1S/C13H10F3NO3S/c14-13(15,16)20-11-4-2-1-3-10(11)17-6-9-5-8(7-21-9)12(18)19/h1-5,7,17H,6H2,(H,18,19). The first kappa shape index (κ1) is 15.2. The van der Waals surface area contributed by atoms with Crippen molar-refractivity contribution in [2.24, 2.45) is 0 Å². The van der Waals surface area contributed by atoms with Crippen molar-refractivity contribution in [1.82, 2.24) is 0 Å². The SMILES string of the molecule is O=C(O)c1csc(CNc2ccccc2OC(F)(F)F)c1.